The number of nitrogens with zero attached hydrogens (tertiary/aromatic N) is 1. The molecule has 1 fully saturated rings. The van der Waals surface area contributed by atoms with Crippen molar-refractivity contribution in [3.8, 4) is 0 Å². The molecule has 2 N–H and O–H groups in total. The SMILES string of the molecule is CCCc1nc(C(OC)C2CC2)sc1CN. The molecule has 4 heteroatoms. The largest absolute Gasteiger partial charge is 0.374 e. The molecule has 1 aromatic heterocycles. The Morgan fingerprint density at radius 1 is 1.56 bits per heavy atom. The van der Waals surface area contributed by atoms with Gasteiger partial charge in [-0.25, -0.2) is 4.98 Å². The Balaban J connectivity index is 2.19. The highest BCUT2D eigenvalue weighted by Crippen LogP contribution is 2.44. The molecule has 1 aromatic rings. The minimum atomic E-state index is 0.209. The minimum absolute atomic E-state index is 0.209. The normalized spacial score (nSPS) is 17.7. The fourth-order valence-electron chi connectivity index (χ4n) is 2.01. The summed E-state index contributed by atoms with van der Waals surface area (Å²) in [6.07, 6.45) is 4.92. The molecule has 1 atom stereocenters. The van der Waals surface area contributed by atoms with Gasteiger partial charge in [-0.15, -0.1) is 11.3 Å². The minimum Gasteiger partial charge on any atom is -0.374 e. The Bertz CT molecular complexity index is 347. The number of rotatable bonds is 6. The number of thiazole rings is 1. The number of methoxy groups -OCH3 is 1. The molecule has 1 heterocycles. The summed E-state index contributed by atoms with van der Waals surface area (Å²) in [5, 5.41) is 1.13. The van der Waals surface area contributed by atoms with Gasteiger partial charge in [-0.05, 0) is 25.2 Å². The van der Waals surface area contributed by atoms with Crippen molar-refractivity contribution in [2.45, 2.75) is 45.3 Å². The van der Waals surface area contributed by atoms with E-state index in [9.17, 15) is 0 Å². The molecule has 3 nitrogen and oxygen atoms in total. The fraction of sp³-hybridized carbons (Fsp3) is 0.750. The van der Waals surface area contributed by atoms with Crippen LogP contribution in [-0.4, -0.2) is 12.1 Å². The summed E-state index contributed by atoms with van der Waals surface area (Å²) in [6, 6.07) is 0. The van der Waals surface area contributed by atoms with Crippen molar-refractivity contribution in [3.05, 3.63) is 15.6 Å². The first-order valence-corrected chi connectivity index (χ1v) is 6.83. The number of aromatic nitrogens is 1. The molecule has 0 aromatic carbocycles. The third-order valence-electron chi connectivity index (χ3n) is 3.01. The molecule has 0 spiro atoms. The zero-order chi connectivity index (χ0) is 11.5. The molecular weight excluding hydrogens is 220 g/mol. The van der Waals surface area contributed by atoms with Gasteiger partial charge in [-0.1, -0.05) is 13.3 Å². The van der Waals surface area contributed by atoms with Crippen LogP contribution in [-0.2, 0) is 17.7 Å². The maximum atomic E-state index is 5.76. The molecule has 1 aliphatic rings. The lowest BCUT2D eigenvalue weighted by atomic mass is 10.2. The van der Waals surface area contributed by atoms with Gasteiger partial charge in [-0.2, -0.15) is 0 Å². The van der Waals surface area contributed by atoms with Gasteiger partial charge in [0.15, 0.2) is 0 Å². The molecule has 1 aliphatic carbocycles. The van der Waals surface area contributed by atoms with E-state index in [0.29, 0.717) is 12.5 Å². The van der Waals surface area contributed by atoms with Crippen molar-refractivity contribution < 1.29 is 4.74 Å². The van der Waals surface area contributed by atoms with E-state index in [1.807, 2.05) is 0 Å². The predicted octanol–water partition coefficient (Wildman–Crippen LogP) is 2.65. The molecule has 0 radical (unpaired) electrons. The Kier molecular flexibility index (Phi) is 3.95. The summed E-state index contributed by atoms with van der Waals surface area (Å²) in [6.45, 7) is 2.78. The van der Waals surface area contributed by atoms with Gasteiger partial charge in [0, 0.05) is 18.5 Å². The Morgan fingerprint density at radius 3 is 2.81 bits per heavy atom. The number of nitrogens with two attached hydrogens (primary N) is 1. The van der Waals surface area contributed by atoms with Crippen LogP contribution in [0, 0.1) is 5.92 Å². The summed E-state index contributed by atoms with van der Waals surface area (Å²) in [4.78, 5) is 5.95. The number of aryl methyl sites for hydroxylation is 1. The van der Waals surface area contributed by atoms with E-state index in [2.05, 4.69) is 6.92 Å². The van der Waals surface area contributed by atoms with Crippen LogP contribution in [0.15, 0.2) is 0 Å². The summed E-state index contributed by atoms with van der Waals surface area (Å²) >= 11 is 1.74. The molecule has 0 amide bonds. The van der Waals surface area contributed by atoms with Crippen LogP contribution >= 0.6 is 11.3 Å². The third-order valence-corrected chi connectivity index (χ3v) is 4.20. The fourth-order valence-corrected chi connectivity index (χ4v) is 3.17. The van der Waals surface area contributed by atoms with Gasteiger partial charge in [0.2, 0.25) is 0 Å². The highest BCUT2D eigenvalue weighted by molar-refractivity contribution is 7.11. The van der Waals surface area contributed by atoms with Crippen molar-refractivity contribution in [1.82, 2.24) is 4.98 Å². The lowest BCUT2D eigenvalue weighted by Gasteiger charge is -2.10. The smallest absolute Gasteiger partial charge is 0.122 e. The first-order chi connectivity index (χ1) is 7.80. The topological polar surface area (TPSA) is 48.1 Å². The number of ether oxygens (including phenoxy) is 1. The van der Waals surface area contributed by atoms with Crippen molar-refractivity contribution >= 4 is 11.3 Å². The van der Waals surface area contributed by atoms with Gasteiger partial charge in [0.05, 0.1) is 5.69 Å². The van der Waals surface area contributed by atoms with E-state index < -0.39 is 0 Å². The Hall–Kier alpha value is -0.450. The third kappa shape index (κ3) is 2.44. The second-order valence-corrected chi connectivity index (χ2v) is 5.49. The van der Waals surface area contributed by atoms with Crippen LogP contribution in [0.4, 0.5) is 0 Å². The standard InChI is InChI=1S/C12H20N2OS/c1-3-4-9-10(7-13)16-12(14-9)11(15-2)8-5-6-8/h8,11H,3-7,13H2,1-2H3. The quantitative estimate of drug-likeness (QED) is 0.831. The predicted molar refractivity (Wildman–Crippen MR) is 66.5 cm³/mol. The second-order valence-electron chi connectivity index (χ2n) is 4.37. The molecular formula is C12H20N2OS. The van der Waals surface area contributed by atoms with Crippen LogP contribution in [0.25, 0.3) is 0 Å². The van der Waals surface area contributed by atoms with Gasteiger partial charge in [0.1, 0.15) is 11.1 Å². The van der Waals surface area contributed by atoms with Crippen LogP contribution in [0.3, 0.4) is 0 Å². The lowest BCUT2D eigenvalue weighted by molar-refractivity contribution is 0.0842. The average molecular weight is 240 g/mol. The van der Waals surface area contributed by atoms with E-state index in [4.69, 9.17) is 15.5 Å². The monoisotopic (exact) mass is 240 g/mol. The molecule has 0 bridgehead atoms. The van der Waals surface area contributed by atoms with E-state index in [1.54, 1.807) is 18.4 Å². The summed E-state index contributed by atoms with van der Waals surface area (Å²) in [7, 11) is 1.78. The van der Waals surface area contributed by atoms with Crippen LogP contribution in [0.5, 0.6) is 0 Å². The Morgan fingerprint density at radius 2 is 2.31 bits per heavy atom. The molecule has 16 heavy (non-hydrogen) atoms. The van der Waals surface area contributed by atoms with Gasteiger partial charge in [-0.3, -0.25) is 0 Å². The Labute approximate surface area is 101 Å². The van der Waals surface area contributed by atoms with E-state index >= 15 is 0 Å². The molecule has 2 rings (SSSR count). The van der Waals surface area contributed by atoms with Crippen LogP contribution < -0.4 is 5.73 Å². The first kappa shape index (κ1) is 12.0. The van der Waals surface area contributed by atoms with Crippen molar-refractivity contribution in [3.63, 3.8) is 0 Å². The van der Waals surface area contributed by atoms with Crippen molar-refractivity contribution in [1.29, 1.82) is 0 Å². The molecule has 0 aliphatic heterocycles. The summed E-state index contributed by atoms with van der Waals surface area (Å²) < 4.78 is 5.56. The van der Waals surface area contributed by atoms with Gasteiger partial charge < -0.3 is 10.5 Å². The second kappa shape index (κ2) is 5.25. The molecule has 90 valence electrons. The maximum absolute atomic E-state index is 5.76. The number of hydrogen-bond acceptors (Lipinski definition) is 4. The highest BCUT2D eigenvalue weighted by Gasteiger charge is 2.34. The average Bonchev–Trinajstić information content (AvgIpc) is 3.03. The van der Waals surface area contributed by atoms with E-state index in [1.165, 1.54) is 23.4 Å². The lowest BCUT2D eigenvalue weighted by Crippen LogP contribution is -2.03. The number of hydrogen-bond donors (Lipinski definition) is 1. The zero-order valence-corrected chi connectivity index (χ0v) is 10.8. The van der Waals surface area contributed by atoms with E-state index in [-0.39, 0.29) is 6.10 Å². The van der Waals surface area contributed by atoms with E-state index in [0.717, 1.165) is 17.8 Å². The van der Waals surface area contributed by atoms with Gasteiger partial charge in [0.25, 0.3) is 0 Å². The summed E-state index contributed by atoms with van der Waals surface area (Å²) in [5.74, 6) is 0.691. The molecule has 1 saturated carbocycles. The molecule has 0 saturated heterocycles. The molecule has 1 unspecified atom stereocenters. The maximum Gasteiger partial charge on any atom is 0.122 e. The highest BCUT2D eigenvalue weighted by atomic mass is 32.1. The zero-order valence-electron chi connectivity index (χ0n) is 10.0. The van der Waals surface area contributed by atoms with Gasteiger partial charge >= 0.3 is 0 Å². The first-order valence-electron chi connectivity index (χ1n) is 6.01. The van der Waals surface area contributed by atoms with Crippen LogP contribution in [0.2, 0.25) is 0 Å². The summed E-state index contributed by atoms with van der Waals surface area (Å²) in [5.41, 5.74) is 6.94. The van der Waals surface area contributed by atoms with Crippen molar-refractivity contribution in [2.24, 2.45) is 11.7 Å². The van der Waals surface area contributed by atoms with Crippen LogP contribution in [0.1, 0.15) is 47.9 Å². The van der Waals surface area contributed by atoms with Crippen molar-refractivity contribution in [2.75, 3.05) is 7.11 Å².